The number of rotatable bonds is 4. The quantitative estimate of drug-likeness (QED) is 0.791. The van der Waals surface area contributed by atoms with Crippen LogP contribution in [0.1, 0.15) is 18.9 Å². The van der Waals surface area contributed by atoms with E-state index in [4.69, 9.17) is 11.6 Å². The summed E-state index contributed by atoms with van der Waals surface area (Å²) in [6.45, 7) is 1.70. The Balaban J connectivity index is 1.53. The zero-order valence-corrected chi connectivity index (χ0v) is 15.7. The van der Waals surface area contributed by atoms with Crippen LogP contribution in [-0.2, 0) is 10.2 Å². The average Bonchev–Trinajstić information content (AvgIpc) is 3.11. The lowest BCUT2D eigenvalue weighted by atomic mass is 10.1. The maximum Gasteiger partial charge on any atom is 0.282 e. The van der Waals surface area contributed by atoms with Gasteiger partial charge in [-0.2, -0.15) is 22.1 Å². The van der Waals surface area contributed by atoms with E-state index in [0.29, 0.717) is 23.8 Å². The van der Waals surface area contributed by atoms with Crippen LogP contribution in [0.5, 0.6) is 0 Å². The Bertz CT molecular complexity index is 962. The first-order valence-electron chi connectivity index (χ1n) is 8.56. The molecule has 2 aromatic rings. The summed E-state index contributed by atoms with van der Waals surface area (Å²) in [5.41, 5.74) is 1.28. The van der Waals surface area contributed by atoms with Gasteiger partial charge < -0.3 is 0 Å². The fourth-order valence-corrected chi connectivity index (χ4v) is 5.20. The van der Waals surface area contributed by atoms with E-state index in [0.717, 1.165) is 18.4 Å². The minimum Gasteiger partial charge on any atom is -0.268 e. The van der Waals surface area contributed by atoms with Gasteiger partial charge in [-0.3, -0.25) is 4.79 Å². The summed E-state index contributed by atoms with van der Waals surface area (Å²) < 4.78 is 29.4. The van der Waals surface area contributed by atoms with Crippen LogP contribution in [0.15, 0.2) is 41.2 Å². The molecule has 0 aliphatic carbocycles. The van der Waals surface area contributed by atoms with Gasteiger partial charge >= 0.3 is 0 Å². The molecule has 2 fully saturated rings. The van der Waals surface area contributed by atoms with Crippen LogP contribution in [0.3, 0.4) is 0 Å². The van der Waals surface area contributed by atoms with E-state index in [1.807, 2.05) is 12.1 Å². The van der Waals surface area contributed by atoms with E-state index in [2.05, 4.69) is 5.10 Å². The van der Waals surface area contributed by atoms with Crippen LogP contribution < -0.4 is 5.56 Å². The van der Waals surface area contributed by atoms with Gasteiger partial charge in [0.15, 0.2) is 0 Å². The first-order chi connectivity index (χ1) is 12.4. The molecule has 0 bridgehead atoms. The van der Waals surface area contributed by atoms with Gasteiger partial charge in [0.1, 0.15) is 0 Å². The highest BCUT2D eigenvalue weighted by Gasteiger charge is 2.41. The van der Waals surface area contributed by atoms with Crippen LogP contribution in [0.25, 0.3) is 11.3 Å². The molecule has 3 heterocycles. The molecular formula is C17H19ClN4O3S. The summed E-state index contributed by atoms with van der Waals surface area (Å²) in [4.78, 5) is 12.2. The van der Waals surface area contributed by atoms with Gasteiger partial charge in [-0.15, -0.1) is 0 Å². The van der Waals surface area contributed by atoms with Crippen molar-refractivity contribution >= 4 is 21.8 Å². The minimum atomic E-state index is -3.41. The van der Waals surface area contributed by atoms with Crippen molar-refractivity contribution in [3.05, 3.63) is 51.8 Å². The van der Waals surface area contributed by atoms with Gasteiger partial charge in [-0.05, 0) is 31.0 Å². The Labute approximate surface area is 157 Å². The van der Waals surface area contributed by atoms with Crippen LogP contribution in [0.4, 0.5) is 0 Å². The molecule has 0 spiro atoms. The third-order valence-corrected chi connectivity index (χ3v) is 7.08. The lowest BCUT2D eigenvalue weighted by Gasteiger charge is -2.39. The first kappa shape index (κ1) is 17.7. The number of benzene rings is 1. The second kappa shape index (κ2) is 6.77. The molecule has 1 aromatic carbocycles. The Morgan fingerprint density at radius 3 is 2.27 bits per heavy atom. The zero-order chi connectivity index (χ0) is 18.3. The molecule has 0 atom stereocenters. The predicted molar refractivity (Wildman–Crippen MR) is 99.3 cm³/mol. The highest BCUT2D eigenvalue weighted by atomic mass is 35.5. The van der Waals surface area contributed by atoms with Crippen LogP contribution in [0, 0.1) is 0 Å². The molecule has 2 saturated heterocycles. The number of halogens is 1. The van der Waals surface area contributed by atoms with Crippen molar-refractivity contribution in [2.45, 2.75) is 18.9 Å². The van der Waals surface area contributed by atoms with Crippen LogP contribution >= 0.6 is 11.6 Å². The van der Waals surface area contributed by atoms with Gasteiger partial charge in [-0.25, -0.2) is 4.68 Å². The van der Waals surface area contributed by atoms with Crippen LogP contribution in [0.2, 0.25) is 5.02 Å². The maximum absolute atomic E-state index is 12.5. The summed E-state index contributed by atoms with van der Waals surface area (Å²) in [6.07, 6.45) is 1.81. The molecule has 7 nitrogen and oxygen atoms in total. The largest absolute Gasteiger partial charge is 0.282 e. The van der Waals surface area contributed by atoms with Crippen molar-refractivity contribution in [2.75, 3.05) is 26.2 Å². The maximum atomic E-state index is 12.5. The lowest BCUT2D eigenvalue weighted by Crippen LogP contribution is -2.56. The summed E-state index contributed by atoms with van der Waals surface area (Å²) >= 11 is 5.91. The summed E-state index contributed by atoms with van der Waals surface area (Å²) in [7, 11) is -3.41. The van der Waals surface area contributed by atoms with Crippen molar-refractivity contribution < 1.29 is 8.42 Å². The Morgan fingerprint density at radius 2 is 1.62 bits per heavy atom. The molecule has 1 aromatic heterocycles. The Hall–Kier alpha value is -1.74. The molecule has 4 rings (SSSR count). The van der Waals surface area contributed by atoms with Gasteiger partial charge in [0.2, 0.25) is 0 Å². The highest BCUT2D eigenvalue weighted by Crippen LogP contribution is 2.27. The van der Waals surface area contributed by atoms with Gasteiger partial charge in [0, 0.05) is 42.8 Å². The standard InChI is InChI=1S/C17H19ClN4O3S/c18-14-5-3-13(4-6-14)16-7-8-17(23)22(19-16)15-11-21(12-15)26(24,25)20-9-1-2-10-20/h3-8,15H,1-2,9-12H2. The second-order valence-electron chi connectivity index (χ2n) is 6.59. The third-order valence-electron chi connectivity index (χ3n) is 4.86. The molecule has 0 radical (unpaired) electrons. The van der Waals surface area contributed by atoms with E-state index in [-0.39, 0.29) is 24.7 Å². The van der Waals surface area contributed by atoms with Gasteiger partial charge in [0.05, 0.1) is 11.7 Å². The highest BCUT2D eigenvalue weighted by molar-refractivity contribution is 7.86. The number of hydrogen-bond donors (Lipinski definition) is 0. The normalized spacial score (nSPS) is 19.6. The van der Waals surface area contributed by atoms with Crippen LogP contribution in [-0.4, -0.2) is 53.0 Å². The summed E-state index contributed by atoms with van der Waals surface area (Å²) in [6, 6.07) is 10.1. The summed E-state index contributed by atoms with van der Waals surface area (Å²) in [5, 5.41) is 5.06. The van der Waals surface area contributed by atoms with Crippen molar-refractivity contribution in [2.24, 2.45) is 0 Å². The Kier molecular flexibility index (Phi) is 4.60. The topological polar surface area (TPSA) is 75.5 Å². The minimum absolute atomic E-state index is 0.231. The van der Waals surface area contributed by atoms with Crippen molar-refractivity contribution in [1.29, 1.82) is 0 Å². The molecule has 0 amide bonds. The fraction of sp³-hybridized carbons (Fsp3) is 0.412. The number of aromatic nitrogens is 2. The number of hydrogen-bond acceptors (Lipinski definition) is 4. The van der Waals surface area contributed by atoms with Gasteiger partial charge in [-0.1, -0.05) is 23.7 Å². The predicted octanol–water partition coefficient (Wildman–Crippen LogP) is 1.76. The molecule has 0 unspecified atom stereocenters. The van der Waals surface area contributed by atoms with Gasteiger partial charge in [0.25, 0.3) is 15.8 Å². The zero-order valence-electron chi connectivity index (χ0n) is 14.1. The molecule has 2 aliphatic heterocycles. The molecule has 26 heavy (non-hydrogen) atoms. The van der Waals surface area contributed by atoms with E-state index in [1.165, 1.54) is 19.4 Å². The molecule has 0 N–H and O–H groups in total. The molecule has 9 heteroatoms. The molecule has 2 aliphatic rings. The fourth-order valence-electron chi connectivity index (χ4n) is 3.30. The molecule has 0 saturated carbocycles. The first-order valence-corrected chi connectivity index (χ1v) is 10.3. The summed E-state index contributed by atoms with van der Waals surface area (Å²) in [5.74, 6) is 0. The van der Waals surface area contributed by atoms with E-state index in [1.54, 1.807) is 18.2 Å². The smallest absolute Gasteiger partial charge is 0.268 e. The van der Waals surface area contributed by atoms with Crippen molar-refractivity contribution in [1.82, 2.24) is 18.4 Å². The SMILES string of the molecule is O=c1ccc(-c2ccc(Cl)cc2)nn1C1CN(S(=O)(=O)N2CCCC2)C1. The lowest BCUT2D eigenvalue weighted by molar-refractivity contribution is 0.175. The van der Waals surface area contributed by atoms with E-state index >= 15 is 0 Å². The van der Waals surface area contributed by atoms with E-state index in [9.17, 15) is 13.2 Å². The number of nitrogens with zero attached hydrogens (tertiary/aromatic N) is 4. The van der Waals surface area contributed by atoms with E-state index < -0.39 is 10.2 Å². The van der Waals surface area contributed by atoms with Crippen molar-refractivity contribution in [3.8, 4) is 11.3 Å². The second-order valence-corrected chi connectivity index (χ2v) is 8.96. The average molecular weight is 395 g/mol. The molecular weight excluding hydrogens is 376 g/mol. The third kappa shape index (κ3) is 3.18. The monoisotopic (exact) mass is 394 g/mol. The molecule has 138 valence electrons. The van der Waals surface area contributed by atoms with Crippen molar-refractivity contribution in [3.63, 3.8) is 0 Å². The Morgan fingerprint density at radius 1 is 0.962 bits per heavy atom.